The first-order valence-corrected chi connectivity index (χ1v) is 5.43. The Bertz CT molecular complexity index is 294. The fourth-order valence-electron chi connectivity index (χ4n) is 0.964. The van der Waals surface area contributed by atoms with E-state index >= 15 is 0 Å². The van der Waals surface area contributed by atoms with E-state index in [1.54, 1.807) is 20.8 Å². The molecule has 2 amide bonds. The lowest BCUT2D eigenvalue weighted by Crippen LogP contribution is -2.35. The summed E-state index contributed by atoms with van der Waals surface area (Å²) in [5.74, 6) is -1.05. The average molecular weight is 244 g/mol. The number of hydrogen-bond acceptors (Lipinski definition) is 4. The molecule has 0 spiro atoms. The van der Waals surface area contributed by atoms with E-state index in [0.717, 1.165) is 0 Å². The van der Waals surface area contributed by atoms with Crippen molar-refractivity contribution >= 4 is 17.8 Å². The van der Waals surface area contributed by atoms with E-state index in [1.165, 1.54) is 7.05 Å². The number of ether oxygens (including phenoxy) is 1. The van der Waals surface area contributed by atoms with E-state index in [-0.39, 0.29) is 31.2 Å². The largest absolute Gasteiger partial charge is 0.460 e. The molecule has 0 aromatic heterocycles. The molecule has 6 nitrogen and oxygen atoms in total. The smallest absolute Gasteiger partial charge is 0.306 e. The van der Waals surface area contributed by atoms with Crippen LogP contribution in [0.25, 0.3) is 0 Å². The molecular formula is C11H20N2O4. The summed E-state index contributed by atoms with van der Waals surface area (Å²) in [6.07, 6.45) is 0.0305. The summed E-state index contributed by atoms with van der Waals surface area (Å²) < 4.78 is 5.04. The van der Waals surface area contributed by atoms with Crippen molar-refractivity contribution in [1.29, 1.82) is 0 Å². The van der Waals surface area contributed by atoms with Crippen LogP contribution in [0.15, 0.2) is 0 Å². The Hall–Kier alpha value is -1.59. The minimum absolute atomic E-state index is 0.0108. The second-order valence-corrected chi connectivity index (χ2v) is 4.54. The molecule has 0 aromatic carbocycles. The summed E-state index contributed by atoms with van der Waals surface area (Å²) in [5, 5.41) is 4.76. The molecule has 0 fully saturated rings. The quantitative estimate of drug-likeness (QED) is 0.665. The molecule has 0 heterocycles. The van der Waals surface area contributed by atoms with Gasteiger partial charge in [-0.3, -0.25) is 14.4 Å². The Morgan fingerprint density at radius 2 is 1.65 bits per heavy atom. The van der Waals surface area contributed by atoms with Gasteiger partial charge in [0.05, 0.1) is 13.0 Å². The Labute approximate surface area is 101 Å². The van der Waals surface area contributed by atoms with Gasteiger partial charge in [-0.05, 0) is 20.8 Å². The predicted octanol–water partition coefficient (Wildman–Crippen LogP) is -0.0295. The first-order valence-electron chi connectivity index (χ1n) is 5.43. The highest BCUT2D eigenvalue weighted by molar-refractivity contribution is 5.86. The van der Waals surface area contributed by atoms with Crippen molar-refractivity contribution in [3.8, 4) is 0 Å². The second kappa shape index (κ2) is 6.88. The van der Waals surface area contributed by atoms with Gasteiger partial charge < -0.3 is 15.4 Å². The SMILES string of the molecule is CNC(=O)CNC(=O)CCC(=O)OC(C)(C)C. The maximum atomic E-state index is 11.3. The van der Waals surface area contributed by atoms with Crippen molar-refractivity contribution in [2.24, 2.45) is 0 Å². The topological polar surface area (TPSA) is 84.5 Å². The highest BCUT2D eigenvalue weighted by Crippen LogP contribution is 2.08. The first kappa shape index (κ1) is 15.4. The van der Waals surface area contributed by atoms with Crippen LogP contribution >= 0.6 is 0 Å². The van der Waals surface area contributed by atoms with E-state index < -0.39 is 11.6 Å². The second-order valence-electron chi connectivity index (χ2n) is 4.54. The van der Waals surface area contributed by atoms with Gasteiger partial charge in [-0.25, -0.2) is 0 Å². The molecule has 0 unspecified atom stereocenters. The van der Waals surface area contributed by atoms with Crippen LogP contribution in [0, 0.1) is 0 Å². The van der Waals surface area contributed by atoms with Crippen molar-refractivity contribution in [2.45, 2.75) is 39.2 Å². The fourth-order valence-corrected chi connectivity index (χ4v) is 0.964. The summed E-state index contributed by atoms with van der Waals surface area (Å²) >= 11 is 0. The van der Waals surface area contributed by atoms with Crippen LogP contribution < -0.4 is 10.6 Å². The van der Waals surface area contributed by atoms with Crippen molar-refractivity contribution in [3.63, 3.8) is 0 Å². The van der Waals surface area contributed by atoms with Gasteiger partial charge in [-0.2, -0.15) is 0 Å². The number of likely N-dealkylation sites (N-methyl/N-ethyl adjacent to an activating group) is 1. The zero-order chi connectivity index (χ0) is 13.5. The zero-order valence-electron chi connectivity index (χ0n) is 10.8. The summed E-state index contributed by atoms with van der Waals surface area (Å²) in [6, 6.07) is 0. The van der Waals surface area contributed by atoms with E-state index in [1.807, 2.05) is 0 Å². The number of amides is 2. The lowest BCUT2D eigenvalue weighted by Gasteiger charge is -2.19. The summed E-state index contributed by atoms with van der Waals surface area (Å²) in [6.45, 7) is 5.20. The Kier molecular flexibility index (Phi) is 6.23. The summed E-state index contributed by atoms with van der Waals surface area (Å²) in [5.41, 5.74) is -0.546. The minimum Gasteiger partial charge on any atom is -0.460 e. The number of nitrogens with one attached hydrogen (secondary N) is 2. The Morgan fingerprint density at radius 3 is 2.12 bits per heavy atom. The van der Waals surface area contributed by atoms with Crippen LogP contribution in [-0.4, -0.2) is 37.0 Å². The number of carbonyl (C=O) groups excluding carboxylic acids is 3. The Morgan fingerprint density at radius 1 is 1.06 bits per heavy atom. The third-order valence-electron chi connectivity index (χ3n) is 1.70. The predicted molar refractivity (Wildman–Crippen MR) is 62.2 cm³/mol. The third-order valence-corrected chi connectivity index (χ3v) is 1.70. The van der Waals surface area contributed by atoms with Crippen LogP contribution in [0.3, 0.4) is 0 Å². The van der Waals surface area contributed by atoms with Crippen molar-refractivity contribution in [1.82, 2.24) is 10.6 Å². The molecular weight excluding hydrogens is 224 g/mol. The summed E-state index contributed by atoms with van der Waals surface area (Å²) in [4.78, 5) is 33.3. The van der Waals surface area contributed by atoms with Crippen LogP contribution in [0.2, 0.25) is 0 Å². The summed E-state index contributed by atoms with van der Waals surface area (Å²) in [7, 11) is 1.48. The normalized spacial score (nSPS) is 10.6. The van der Waals surface area contributed by atoms with Crippen molar-refractivity contribution in [2.75, 3.05) is 13.6 Å². The maximum Gasteiger partial charge on any atom is 0.306 e. The van der Waals surface area contributed by atoms with E-state index in [0.29, 0.717) is 0 Å². The van der Waals surface area contributed by atoms with Crippen LogP contribution in [0.5, 0.6) is 0 Å². The minimum atomic E-state index is -0.546. The molecule has 0 saturated carbocycles. The lowest BCUT2D eigenvalue weighted by molar-refractivity contribution is -0.155. The number of carbonyl (C=O) groups is 3. The third kappa shape index (κ3) is 9.35. The molecule has 0 atom stereocenters. The highest BCUT2D eigenvalue weighted by Gasteiger charge is 2.17. The van der Waals surface area contributed by atoms with Crippen LogP contribution in [0.1, 0.15) is 33.6 Å². The molecule has 0 aromatic rings. The number of esters is 1. The average Bonchev–Trinajstić information content (AvgIpc) is 2.20. The molecule has 0 aliphatic heterocycles. The molecule has 0 aliphatic rings. The highest BCUT2D eigenvalue weighted by atomic mass is 16.6. The van der Waals surface area contributed by atoms with E-state index in [4.69, 9.17) is 4.74 Å². The van der Waals surface area contributed by atoms with Gasteiger partial charge in [-0.1, -0.05) is 0 Å². The van der Waals surface area contributed by atoms with E-state index in [2.05, 4.69) is 10.6 Å². The van der Waals surface area contributed by atoms with Crippen molar-refractivity contribution < 1.29 is 19.1 Å². The number of rotatable bonds is 5. The van der Waals surface area contributed by atoms with Gasteiger partial charge in [-0.15, -0.1) is 0 Å². The zero-order valence-corrected chi connectivity index (χ0v) is 10.8. The van der Waals surface area contributed by atoms with Crippen LogP contribution in [-0.2, 0) is 19.1 Å². The standard InChI is InChI=1S/C11H20N2O4/c1-11(2,3)17-10(16)6-5-8(14)13-7-9(15)12-4/h5-7H2,1-4H3,(H,12,15)(H,13,14). The number of hydrogen-bond donors (Lipinski definition) is 2. The molecule has 6 heteroatoms. The molecule has 0 aliphatic carbocycles. The fraction of sp³-hybridized carbons (Fsp3) is 0.727. The van der Waals surface area contributed by atoms with Crippen LogP contribution in [0.4, 0.5) is 0 Å². The molecule has 98 valence electrons. The molecule has 17 heavy (non-hydrogen) atoms. The molecule has 0 saturated heterocycles. The molecule has 0 bridgehead atoms. The molecule has 2 N–H and O–H groups in total. The van der Waals surface area contributed by atoms with Gasteiger partial charge in [0.25, 0.3) is 0 Å². The first-order chi connectivity index (χ1) is 7.74. The van der Waals surface area contributed by atoms with Gasteiger partial charge in [0.1, 0.15) is 5.60 Å². The maximum absolute atomic E-state index is 11.3. The van der Waals surface area contributed by atoms with Gasteiger partial charge in [0.15, 0.2) is 0 Å². The lowest BCUT2D eigenvalue weighted by atomic mass is 10.2. The van der Waals surface area contributed by atoms with E-state index in [9.17, 15) is 14.4 Å². The molecule has 0 radical (unpaired) electrons. The van der Waals surface area contributed by atoms with Gasteiger partial charge in [0.2, 0.25) is 11.8 Å². The van der Waals surface area contributed by atoms with Gasteiger partial charge in [0, 0.05) is 13.5 Å². The van der Waals surface area contributed by atoms with Gasteiger partial charge >= 0.3 is 5.97 Å². The monoisotopic (exact) mass is 244 g/mol. The molecule has 0 rings (SSSR count). The van der Waals surface area contributed by atoms with Crippen molar-refractivity contribution in [3.05, 3.63) is 0 Å². The Balaban J connectivity index is 3.77.